The molecular formula is C19H22F3N7O. The number of aromatic nitrogens is 5. The van der Waals surface area contributed by atoms with Gasteiger partial charge in [-0.05, 0) is 31.7 Å². The van der Waals surface area contributed by atoms with Gasteiger partial charge < -0.3 is 15.4 Å². The molecule has 30 heavy (non-hydrogen) atoms. The lowest BCUT2D eigenvalue weighted by atomic mass is 10.2. The highest BCUT2D eigenvalue weighted by molar-refractivity contribution is 5.92. The Morgan fingerprint density at radius 1 is 1.17 bits per heavy atom. The van der Waals surface area contributed by atoms with E-state index in [-0.39, 0.29) is 6.23 Å². The molecule has 11 heteroatoms. The van der Waals surface area contributed by atoms with E-state index < -0.39 is 12.7 Å². The van der Waals surface area contributed by atoms with Crippen LogP contribution >= 0.6 is 0 Å². The minimum Gasteiger partial charge on any atom is -0.396 e. The second-order valence-corrected chi connectivity index (χ2v) is 7.76. The van der Waals surface area contributed by atoms with E-state index in [4.69, 9.17) is 10.5 Å². The van der Waals surface area contributed by atoms with Gasteiger partial charge in [0.15, 0.2) is 5.82 Å². The SMILES string of the molecule is Nc1cn(C2CCCCO2)nc1-c1cc2c(cn1)c(N1CCC1)nn2CC(F)(F)F. The number of halogens is 3. The number of rotatable bonds is 4. The number of hydrogen-bond donors (Lipinski definition) is 1. The van der Waals surface area contributed by atoms with Crippen LogP contribution in [-0.2, 0) is 11.3 Å². The Hall–Kier alpha value is -2.82. The van der Waals surface area contributed by atoms with Gasteiger partial charge in [0.05, 0.1) is 28.5 Å². The average Bonchev–Trinajstić information content (AvgIpc) is 3.21. The van der Waals surface area contributed by atoms with Crippen molar-refractivity contribution >= 4 is 22.4 Å². The predicted octanol–water partition coefficient (Wildman–Crippen LogP) is 3.35. The van der Waals surface area contributed by atoms with Crippen LogP contribution in [0.1, 0.15) is 31.9 Å². The molecule has 160 valence electrons. The molecule has 0 spiro atoms. The first kappa shape index (κ1) is 19.2. The summed E-state index contributed by atoms with van der Waals surface area (Å²) in [6.07, 6.45) is 2.57. The van der Waals surface area contributed by atoms with Gasteiger partial charge in [-0.15, -0.1) is 0 Å². The Bertz CT molecular complexity index is 1060. The molecular weight excluding hydrogens is 399 g/mol. The largest absolute Gasteiger partial charge is 0.408 e. The molecule has 0 radical (unpaired) electrons. The summed E-state index contributed by atoms with van der Waals surface area (Å²) in [5, 5.41) is 9.36. The zero-order chi connectivity index (χ0) is 20.9. The van der Waals surface area contributed by atoms with E-state index in [1.807, 2.05) is 4.90 Å². The molecule has 1 unspecified atom stereocenters. The molecule has 1 atom stereocenters. The molecule has 0 aliphatic carbocycles. The van der Waals surface area contributed by atoms with Crippen molar-refractivity contribution in [3.63, 3.8) is 0 Å². The van der Waals surface area contributed by atoms with E-state index in [1.54, 1.807) is 23.1 Å². The zero-order valence-electron chi connectivity index (χ0n) is 16.3. The monoisotopic (exact) mass is 421 g/mol. The highest BCUT2D eigenvalue weighted by atomic mass is 19.4. The van der Waals surface area contributed by atoms with Crippen LogP contribution in [0.4, 0.5) is 24.7 Å². The fourth-order valence-electron chi connectivity index (χ4n) is 3.92. The molecule has 2 N–H and O–H groups in total. The third kappa shape index (κ3) is 3.47. The summed E-state index contributed by atoms with van der Waals surface area (Å²) in [5.74, 6) is 0.536. The van der Waals surface area contributed by atoms with Crippen LogP contribution < -0.4 is 10.6 Å². The van der Waals surface area contributed by atoms with Crippen molar-refractivity contribution in [1.82, 2.24) is 24.5 Å². The summed E-state index contributed by atoms with van der Waals surface area (Å²) in [5.41, 5.74) is 7.76. The Morgan fingerprint density at radius 2 is 2.00 bits per heavy atom. The molecule has 2 fully saturated rings. The van der Waals surface area contributed by atoms with Gasteiger partial charge in [-0.2, -0.15) is 23.4 Å². The topological polar surface area (TPSA) is 87.0 Å². The molecule has 3 aromatic rings. The van der Waals surface area contributed by atoms with Crippen LogP contribution in [-0.4, -0.2) is 50.4 Å². The molecule has 2 aliphatic rings. The smallest absolute Gasteiger partial charge is 0.396 e. The molecule has 5 rings (SSSR count). The van der Waals surface area contributed by atoms with Crippen LogP contribution in [0.3, 0.4) is 0 Å². The van der Waals surface area contributed by atoms with E-state index in [1.165, 1.54) is 0 Å². The van der Waals surface area contributed by atoms with Gasteiger partial charge in [-0.3, -0.25) is 9.67 Å². The van der Waals surface area contributed by atoms with Crippen LogP contribution in [0.5, 0.6) is 0 Å². The van der Waals surface area contributed by atoms with E-state index >= 15 is 0 Å². The molecule has 0 bridgehead atoms. The number of hydrogen-bond acceptors (Lipinski definition) is 6. The Kier molecular flexibility index (Phi) is 4.57. The second-order valence-electron chi connectivity index (χ2n) is 7.76. The van der Waals surface area contributed by atoms with Gasteiger partial charge in [-0.25, -0.2) is 4.68 Å². The summed E-state index contributed by atoms with van der Waals surface area (Å²) in [4.78, 5) is 6.41. The van der Waals surface area contributed by atoms with Crippen molar-refractivity contribution in [1.29, 1.82) is 0 Å². The maximum absolute atomic E-state index is 13.1. The molecule has 8 nitrogen and oxygen atoms in total. The molecule has 5 heterocycles. The highest BCUT2D eigenvalue weighted by Crippen LogP contribution is 2.34. The van der Waals surface area contributed by atoms with Crippen molar-refractivity contribution in [2.24, 2.45) is 0 Å². The summed E-state index contributed by atoms with van der Waals surface area (Å²) in [7, 11) is 0. The fourth-order valence-corrected chi connectivity index (χ4v) is 3.92. The summed E-state index contributed by atoms with van der Waals surface area (Å²) < 4.78 is 47.8. The minimum absolute atomic E-state index is 0.188. The van der Waals surface area contributed by atoms with Crippen molar-refractivity contribution in [2.75, 3.05) is 30.3 Å². The van der Waals surface area contributed by atoms with Gasteiger partial charge >= 0.3 is 6.18 Å². The second kappa shape index (κ2) is 7.15. The van der Waals surface area contributed by atoms with E-state index in [0.717, 1.165) is 43.5 Å². The third-order valence-electron chi connectivity index (χ3n) is 5.55. The molecule has 0 amide bonds. The average molecular weight is 421 g/mol. The minimum atomic E-state index is -4.38. The van der Waals surface area contributed by atoms with Crippen LogP contribution in [0.2, 0.25) is 0 Å². The predicted molar refractivity (Wildman–Crippen MR) is 105 cm³/mol. The number of nitrogens with two attached hydrogens (primary N) is 1. The van der Waals surface area contributed by atoms with Gasteiger partial charge in [0, 0.05) is 25.9 Å². The molecule has 2 saturated heterocycles. The molecule has 3 aromatic heterocycles. The lowest BCUT2D eigenvalue weighted by Crippen LogP contribution is -2.37. The first-order valence-corrected chi connectivity index (χ1v) is 10.0. The number of ether oxygens (including phenoxy) is 1. The Labute approximate surface area is 170 Å². The standard InChI is InChI=1S/C19H22F3N7O/c20-19(21,22)11-29-15-8-14(24-9-12(15)18(26-29)27-5-3-6-27)17-13(23)10-28(25-17)16-4-1-2-7-30-16/h8-10,16H,1-7,11,23H2. The quantitative estimate of drug-likeness (QED) is 0.695. The van der Waals surface area contributed by atoms with E-state index in [9.17, 15) is 13.2 Å². The first-order chi connectivity index (χ1) is 14.4. The maximum atomic E-state index is 13.1. The van der Waals surface area contributed by atoms with Gasteiger partial charge in [0.1, 0.15) is 18.5 Å². The van der Waals surface area contributed by atoms with Crippen molar-refractivity contribution in [2.45, 2.75) is 44.6 Å². The summed E-state index contributed by atoms with van der Waals surface area (Å²) >= 11 is 0. The highest BCUT2D eigenvalue weighted by Gasteiger charge is 2.31. The van der Waals surface area contributed by atoms with E-state index in [2.05, 4.69) is 15.2 Å². The van der Waals surface area contributed by atoms with Crippen molar-refractivity contribution in [3.8, 4) is 11.4 Å². The lowest BCUT2D eigenvalue weighted by molar-refractivity contribution is -0.141. The Balaban J connectivity index is 1.55. The third-order valence-corrected chi connectivity index (χ3v) is 5.55. The zero-order valence-corrected chi connectivity index (χ0v) is 16.3. The number of nitrogen functional groups attached to an aromatic ring is 1. The summed E-state index contributed by atoms with van der Waals surface area (Å²) in [6.45, 7) is 1.05. The molecule has 0 aromatic carbocycles. The van der Waals surface area contributed by atoms with Crippen molar-refractivity contribution < 1.29 is 17.9 Å². The lowest BCUT2D eigenvalue weighted by Gasteiger charge is -2.31. The van der Waals surface area contributed by atoms with E-state index in [0.29, 0.717) is 40.4 Å². The number of anilines is 2. The number of nitrogens with zero attached hydrogens (tertiary/aromatic N) is 6. The van der Waals surface area contributed by atoms with Crippen LogP contribution in [0.25, 0.3) is 22.3 Å². The maximum Gasteiger partial charge on any atom is 0.408 e. The summed E-state index contributed by atoms with van der Waals surface area (Å²) in [6, 6.07) is 1.59. The van der Waals surface area contributed by atoms with Gasteiger partial charge in [-0.1, -0.05) is 0 Å². The number of alkyl halides is 3. The number of fused-ring (bicyclic) bond motifs is 1. The first-order valence-electron chi connectivity index (χ1n) is 10.0. The molecule has 2 aliphatic heterocycles. The van der Waals surface area contributed by atoms with Crippen LogP contribution in [0.15, 0.2) is 18.5 Å². The number of pyridine rings is 1. The molecule has 0 saturated carbocycles. The van der Waals surface area contributed by atoms with Gasteiger partial charge in [0.2, 0.25) is 0 Å². The van der Waals surface area contributed by atoms with Gasteiger partial charge in [0.25, 0.3) is 0 Å². The Morgan fingerprint density at radius 3 is 2.67 bits per heavy atom. The fraction of sp³-hybridized carbons (Fsp3) is 0.526. The van der Waals surface area contributed by atoms with Crippen molar-refractivity contribution in [3.05, 3.63) is 18.5 Å². The normalized spacial score (nSPS) is 20.0. The van der Waals surface area contributed by atoms with Crippen LogP contribution in [0, 0.1) is 0 Å².